The SMILES string of the molecule is C=C(COC(=O)c1ccccc1)O[Si](C)(C)C. The molecule has 0 amide bonds. The van der Waals surface area contributed by atoms with Gasteiger partial charge in [-0.1, -0.05) is 24.8 Å². The average molecular weight is 250 g/mol. The van der Waals surface area contributed by atoms with Crippen LogP contribution in [-0.2, 0) is 9.16 Å². The van der Waals surface area contributed by atoms with E-state index in [1.807, 2.05) is 6.07 Å². The van der Waals surface area contributed by atoms with Crippen LogP contribution in [0.5, 0.6) is 0 Å². The number of esters is 1. The van der Waals surface area contributed by atoms with Gasteiger partial charge < -0.3 is 9.16 Å². The Morgan fingerprint density at radius 3 is 2.35 bits per heavy atom. The van der Waals surface area contributed by atoms with Crippen LogP contribution in [0.2, 0.25) is 19.6 Å². The number of benzene rings is 1. The van der Waals surface area contributed by atoms with Gasteiger partial charge in [0.15, 0.2) is 0 Å². The van der Waals surface area contributed by atoms with Crippen molar-refractivity contribution in [2.24, 2.45) is 0 Å². The van der Waals surface area contributed by atoms with E-state index in [-0.39, 0.29) is 12.6 Å². The first kappa shape index (κ1) is 13.5. The summed E-state index contributed by atoms with van der Waals surface area (Å²) < 4.78 is 10.7. The van der Waals surface area contributed by atoms with E-state index in [0.717, 1.165) is 0 Å². The van der Waals surface area contributed by atoms with Gasteiger partial charge in [-0.2, -0.15) is 0 Å². The van der Waals surface area contributed by atoms with Crippen molar-refractivity contribution >= 4 is 14.3 Å². The van der Waals surface area contributed by atoms with Gasteiger partial charge in [0.2, 0.25) is 8.32 Å². The maximum Gasteiger partial charge on any atom is 0.338 e. The topological polar surface area (TPSA) is 35.5 Å². The van der Waals surface area contributed by atoms with Crippen LogP contribution in [0.15, 0.2) is 42.7 Å². The van der Waals surface area contributed by atoms with Gasteiger partial charge in [0.25, 0.3) is 0 Å². The lowest BCUT2D eigenvalue weighted by Gasteiger charge is -2.20. The fraction of sp³-hybridized carbons (Fsp3) is 0.308. The summed E-state index contributed by atoms with van der Waals surface area (Å²) in [4.78, 5) is 11.6. The van der Waals surface area contributed by atoms with Crippen molar-refractivity contribution in [3.05, 3.63) is 48.2 Å². The molecule has 0 bridgehead atoms. The zero-order valence-corrected chi connectivity index (χ0v) is 11.5. The molecule has 0 unspecified atom stereocenters. The molecule has 0 fully saturated rings. The molecular weight excluding hydrogens is 232 g/mol. The molecule has 0 saturated carbocycles. The molecule has 0 aliphatic rings. The summed E-state index contributed by atoms with van der Waals surface area (Å²) in [5, 5.41) is 0. The lowest BCUT2D eigenvalue weighted by atomic mass is 10.2. The van der Waals surface area contributed by atoms with Crippen LogP contribution in [0.3, 0.4) is 0 Å². The Balaban J connectivity index is 2.42. The minimum atomic E-state index is -1.66. The van der Waals surface area contributed by atoms with Crippen molar-refractivity contribution in [1.82, 2.24) is 0 Å². The molecule has 1 aromatic rings. The summed E-state index contributed by atoms with van der Waals surface area (Å²) in [6.07, 6.45) is 0. The fourth-order valence-electron chi connectivity index (χ4n) is 1.27. The first-order valence-corrected chi connectivity index (χ1v) is 8.88. The first-order chi connectivity index (χ1) is 7.88. The van der Waals surface area contributed by atoms with Crippen LogP contribution in [-0.4, -0.2) is 20.9 Å². The maximum atomic E-state index is 11.6. The largest absolute Gasteiger partial charge is 0.545 e. The Labute approximate surface area is 103 Å². The molecule has 0 aliphatic carbocycles. The Morgan fingerprint density at radius 1 is 1.24 bits per heavy atom. The summed E-state index contributed by atoms with van der Waals surface area (Å²) >= 11 is 0. The molecule has 0 spiro atoms. The predicted molar refractivity (Wildman–Crippen MR) is 70.3 cm³/mol. The highest BCUT2D eigenvalue weighted by Gasteiger charge is 2.17. The summed E-state index contributed by atoms with van der Waals surface area (Å²) in [5.74, 6) is 0.152. The van der Waals surface area contributed by atoms with E-state index in [4.69, 9.17) is 9.16 Å². The van der Waals surface area contributed by atoms with E-state index in [1.54, 1.807) is 24.3 Å². The van der Waals surface area contributed by atoms with Crippen LogP contribution in [0, 0.1) is 0 Å². The van der Waals surface area contributed by atoms with Crippen LogP contribution in [0.4, 0.5) is 0 Å². The lowest BCUT2D eigenvalue weighted by Crippen LogP contribution is -2.26. The predicted octanol–water partition coefficient (Wildman–Crippen LogP) is 3.21. The van der Waals surface area contributed by atoms with Gasteiger partial charge in [-0.25, -0.2) is 4.79 Å². The second kappa shape index (κ2) is 5.68. The first-order valence-electron chi connectivity index (χ1n) is 5.47. The van der Waals surface area contributed by atoms with Crippen molar-refractivity contribution in [3.8, 4) is 0 Å². The lowest BCUT2D eigenvalue weighted by molar-refractivity contribution is 0.0506. The van der Waals surface area contributed by atoms with Gasteiger partial charge in [-0.05, 0) is 31.8 Å². The van der Waals surface area contributed by atoms with Crippen molar-refractivity contribution in [1.29, 1.82) is 0 Å². The molecule has 0 aliphatic heterocycles. The van der Waals surface area contributed by atoms with Gasteiger partial charge in [-0.3, -0.25) is 0 Å². The highest BCUT2D eigenvalue weighted by Crippen LogP contribution is 2.10. The van der Waals surface area contributed by atoms with Crippen molar-refractivity contribution in [2.75, 3.05) is 6.61 Å². The third-order valence-electron chi connectivity index (χ3n) is 1.82. The standard InChI is InChI=1S/C13H18O3Si/c1-11(16-17(2,3)4)10-15-13(14)12-8-6-5-7-9-12/h5-9H,1,10H2,2-4H3. The molecule has 0 heterocycles. The third-order valence-corrected chi connectivity index (χ3v) is 2.73. The second-order valence-electron chi connectivity index (χ2n) is 4.70. The van der Waals surface area contributed by atoms with Crippen LogP contribution in [0.1, 0.15) is 10.4 Å². The summed E-state index contributed by atoms with van der Waals surface area (Å²) in [6, 6.07) is 8.87. The van der Waals surface area contributed by atoms with Crippen LogP contribution < -0.4 is 0 Å². The van der Waals surface area contributed by atoms with Crippen LogP contribution in [0.25, 0.3) is 0 Å². The van der Waals surface area contributed by atoms with Gasteiger partial charge >= 0.3 is 5.97 Å². The molecule has 0 radical (unpaired) electrons. The van der Waals surface area contributed by atoms with Crippen molar-refractivity contribution < 1.29 is 14.0 Å². The van der Waals surface area contributed by atoms with Gasteiger partial charge in [0, 0.05) is 0 Å². The van der Waals surface area contributed by atoms with Crippen molar-refractivity contribution in [3.63, 3.8) is 0 Å². The van der Waals surface area contributed by atoms with Gasteiger partial charge in [0.1, 0.15) is 12.4 Å². The summed E-state index contributed by atoms with van der Waals surface area (Å²) in [6.45, 7) is 10.0. The number of hydrogen-bond acceptors (Lipinski definition) is 3. The molecule has 0 saturated heterocycles. The number of rotatable bonds is 5. The molecule has 17 heavy (non-hydrogen) atoms. The van der Waals surface area contributed by atoms with E-state index >= 15 is 0 Å². The molecule has 4 heteroatoms. The van der Waals surface area contributed by atoms with Crippen LogP contribution >= 0.6 is 0 Å². The molecule has 3 nitrogen and oxygen atoms in total. The maximum absolute atomic E-state index is 11.6. The quantitative estimate of drug-likeness (QED) is 0.457. The highest BCUT2D eigenvalue weighted by molar-refractivity contribution is 6.70. The van der Waals surface area contributed by atoms with E-state index in [2.05, 4.69) is 26.2 Å². The molecule has 0 atom stereocenters. The average Bonchev–Trinajstić information content (AvgIpc) is 2.25. The highest BCUT2D eigenvalue weighted by atomic mass is 28.4. The monoisotopic (exact) mass is 250 g/mol. The third kappa shape index (κ3) is 5.35. The Bertz CT molecular complexity index is 393. The van der Waals surface area contributed by atoms with E-state index < -0.39 is 8.32 Å². The summed E-state index contributed by atoms with van der Waals surface area (Å²) in [7, 11) is -1.66. The fourth-order valence-corrected chi connectivity index (χ4v) is 2.19. The molecule has 0 aromatic heterocycles. The Kier molecular flexibility index (Phi) is 4.51. The number of ether oxygens (including phenoxy) is 1. The van der Waals surface area contributed by atoms with Gasteiger partial charge in [-0.15, -0.1) is 0 Å². The van der Waals surface area contributed by atoms with Crippen molar-refractivity contribution in [2.45, 2.75) is 19.6 Å². The smallest absolute Gasteiger partial charge is 0.338 e. The molecule has 0 N–H and O–H groups in total. The zero-order valence-electron chi connectivity index (χ0n) is 10.5. The van der Waals surface area contributed by atoms with Gasteiger partial charge in [0.05, 0.1) is 5.56 Å². The number of hydrogen-bond donors (Lipinski definition) is 0. The molecular formula is C13H18O3Si. The Morgan fingerprint density at radius 2 is 1.82 bits per heavy atom. The summed E-state index contributed by atoms with van der Waals surface area (Å²) in [5.41, 5.74) is 0.535. The number of carbonyl (C=O) groups is 1. The molecule has 1 aromatic carbocycles. The van der Waals surface area contributed by atoms with E-state index in [0.29, 0.717) is 11.3 Å². The minimum absolute atomic E-state index is 0.109. The van der Waals surface area contributed by atoms with E-state index in [9.17, 15) is 4.79 Å². The zero-order chi connectivity index (χ0) is 12.9. The normalized spacial score (nSPS) is 10.8. The number of carbonyl (C=O) groups excluding carboxylic acids is 1. The second-order valence-corrected chi connectivity index (χ2v) is 9.12. The Hall–Kier alpha value is -1.55. The molecule has 1 rings (SSSR count). The van der Waals surface area contributed by atoms with E-state index in [1.165, 1.54) is 0 Å². The molecule has 92 valence electrons. The minimum Gasteiger partial charge on any atom is -0.545 e.